The number of piperidine rings is 1. The normalized spacial score (nSPS) is 14.5. The van der Waals surface area contributed by atoms with Crippen LogP contribution in [0.25, 0.3) is 21.9 Å². The summed E-state index contributed by atoms with van der Waals surface area (Å²) in [5.41, 5.74) is 3.93. The summed E-state index contributed by atoms with van der Waals surface area (Å²) in [6.45, 7) is 3.34. The van der Waals surface area contributed by atoms with Crippen molar-refractivity contribution < 1.29 is 18.7 Å². The third kappa shape index (κ3) is 4.38. The monoisotopic (exact) mass is 474 g/mol. The summed E-state index contributed by atoms with van der Waals surface area (Å²) in [4.78, 5) is 30.9. The second kappa shape index (κ2) is 9.49. The largest absolute Gasteiger partial charge is 0.497 e. The highest BCUT2D eigenvalue weighted by molar-refractivity contribution is 5.85. The predicted molar refractivity (Wildman–Crippen MR) is 135 cm³/mol. The molecule has 1 N–H and O–H groups in total. The molecule has 0 atom stereocenters. The molecule has 2 aromatic carbocycles. The minimum absolute atomic E-state index is 0.0812. The van der Waals surface area contributed by atoms with E-state index in [0.717, 1.165) is 35.1 Å². The number of carbonyl (C=O) groups excluding carboxylic acids is 1. The van der Waals surface area contributed by atoms with Gasteiger partial charge in [-0.2, -0.15) is 0 Å². The molecule has 2 aromatic heterocycles. The molecule has 4 aromatic rings. The number of amides is 1. The van der Waals surface area contributed by atoms with Gasteiger partial charge < -0.3 is 23.8 Å². The van der Waals surface area contributed by atoms with Gasteiger partial charge in [-0.05, 0) is 73.6 Å². The highest BCUT2D eigenvalue weighted by atomic mass is 16.5. The highest BCUT2D eigenvalue weighted by Gasteiger charge is 2.26. The molecule has 3 heterocycles. The molecule has 182 valence electrons. The number of hydrogen-bond acceptors (Lipinski definition) is 5. The van der Waals surface area contributed by atoms with Crippen molar-refractivity contribution in [3.8, 4) is 11.5 Å². The van der Waals surface area contributed by atoms with Crippen molar-refractivity contribution in [2.45, 2.75) is 38.5 Å². The molecule has 0 spiro atoms. The number of H-pyrrole nitrogens is 1. The fourth-order valence-electron chi connectivity index (χ4n) is 5.21. The topological polar surface area (TPSA) is 84.8 Å². The van der Waals surface area contributed by atoms with Gasteiger partial charge in [-0.1, -0.05) is 0 Å². The Morgan fingerprint density at radius 3 is 2.51 bits per heavy atom. The van der Waals surface area contributed by atoms with Crippen LogP contribution in [0.5, 0.6) is 11.5 Å². The van der Waals surface area contributed by atoms with Gasteiger partial charge in [-0.3, -0.25) is 4.79 Å². The van der Waals surface area contributed by atoms with Crippen LogP contribution in [-0.2, 0) is 11.2 Å². The standard InChI is InChI=1S/C28H30N2O5/c1-17-21-6-4-20(34-3)15-26(21)35-28(32)22(17)7-9-27(31)30-12-10-18(11-13-30)24-16-29-25-8-5-19(33-2)14-23(24)25/h4-6,8,14-16,18,29H,7,9-13H2,1-3H3. The van der Waals surface area contributed by atoms with Crippen LogP contribution < -0.4 is 15.1 Å². The molecule has 1 aliphatic heterocycles. The summed E-state index contributed by atoms with van der Waals surface area (Å²) in [7, 11) is 3.25. The number of rotatable bonds is 6. The van der Waals surface area contributed by atoms with Crippen LogP contribution in [0.2, 0.25) is 0 Å². The first kappa shape index (κ1) is 23.0. The van der Waals surface area contributed by atoms with Gasteiger partial charge in [0.2, 0.25) is 5.91 Å². The first-order valence-corrected chi connectivity index (χ1v) is 12.0. The number of likely N-dealkylation sites (tertiary alicyclic amines) is 1. The molecule has 1 aliphatic rings. The van der Waals surface area contributed by atoms with Crippen molar-refractivity contribution in [3.63, 3.8) is 0 Å². The van der Waals surface area contributed by atoms with Gasteiger partial charge in [0.15, 0.2) is 0 Å². The van der Waals surface area contributed by atoms with Crippen LogP contribution in [0.4, 0.5) is 0 Å². The number of fused-ring (bicyclic) bond motifs is 2. The van der Waals surface area contributed by atoms with E-state index in [1.165, 1.54) is 10.9 Å². The first-order valence-electron chi connectivity index (χ1n) is 12.0. The molecule has 0 aliphatic carbocycles. The van der Waals surface area contributed by atoms with Crippen molar-refractivity contribution >= 4 is 27.8 Å². The van der Waals surface area contributed by atoms with E-state index >= 15 is 0 Å². The van der Waals surface area contributed by atoms with E-state index in [1.54, 1.807) is 20.3 Å². The van der Waals surface area contributed by atoms with E-state index in [4.69, 9.17) is 13.9 Å². The highest BCUT2D eigenvalue weighted by Crippen LogP contribution is 2.35. The van der Waals surface area contributed by atoms with Crippen LogP contribution in [0, 0.1) is 6.92 Å². The number of nitrogens with zero attached hydrogens (tertiary/aromatic N) is 1. The Balaban J connectivity index is 1.24. The number of hydrogen-bond donors (Lipinski definition) is 1. The first-order chi connectivity index (χ1) is 17.0. The Bertz CT molecular complexity index is 1440. The molecule has 1 saturated heterocycles. The lowest BCUT2D eigenvalue weighted by atomic mass is 9.89. The maximum absolute atomic E-state index is 13.0. The summed E-state index contributed by atoms with van der Waals surface area (Å²) in [6.07, 6.45) is 4.58. The Hall–Kier alpha value is -3.74. The number of methoxy groups -OCH3 is 2. The molecule has 35 heavy (non-hydrogen) atoms. The van der Waals surface area contributed by atoms with E-state index in [2.05, 4.69) is 17.2 Å². The average molecular weight is 475 g/mol. The third-order valence-corrected chi connectivity index (χ3v) is 7.29. The maximum Gasteiger partial charge on any atom is 0.339 e. The van der Waals surface area contributed by atoms with Crippen molar-refractivity contribution in [2.24, 2.45) is 0 Å². The third-order valence-electron chi connectivity index (χ3n) is 7.29. The smallest absolute Gasteiger partial charge is 0.339 e. The molecular formula is C28H30N2O5. The van der Waals surface area contributed by atoms with Gasteiger partial charge >= 0.3 is 5.63 Å². The van der Waals surface area contributed by atoms with E-state index in [-0.39, 0.29) is 11.5 Å². The Morgan fingerprint density at radius 2 is 1.77 bits per heavy atom. The summed E-state index contributed by atoms with van der Waals surface area (Å²) in [5, 5.41) is 2.05. The molecule has 0 bridgehead atoms. The zero-order chi connectivity index (χ0) is 24.5. The number of nitrogens with one attached hydrogen (secondary N) is 1. The molecule has 7 heteroatoms. The number of aryl methyl sites for hydroxylation is 1. The minimum Gasteiger partial charge on any atom is -0.497 e. The van der Waals surface area contributed by atoms with Crippen LogP contribution in [-0.4, -0.2) is 43.1 Å². The van der Waals surface area contributed by atoms with E-state index < -0.39 is 0 Å². The van der Waals surface area contributed by atoms with Crippen LogP contribution in [0.15, 0.2) is 51.8 Å². The molecule has 0 saturated carbocycles. The van der Waals surface area contributed by atoms with Crippen molar-refractivity contribution in [2.75, 3.05) is 27.3 Å². The predicted octanol–water partition coefficient (Wildman–Crippen LogP) is 4.94. The summed E-state index contributed by atoms with van der Waals surface area (Å²) < 4.78 is 16.1. The van der Waals surface area contributed by atoms with Gasteiger partial charge in [0.05, 0.1) is 14.2 Å². The van der Waals surface area contributed by atoms with Gasteiger partial charge in [0.25, 0.3) is 0 Å². The molecule has 7 nitrogen and oxygen atoms in total. The van der Waals surface area contributed by atoms with E-state index in [1.807, 2.05) is 36.1 Å². The lowest BCUT2D eigenvalue weighted by Gasteiger charge is -2.32. The second-order valence-electron chi connectivity index (χ2n) is 9.17. The van der Waals surface area contributed by atoms with Crippen LogP contribution >= 0.6 is 0 Å². The number of carbonyl (C=O) groups is 1. The molecule has 1 amide bonds. The Kier molecular flexibility index (Phi) is 6.24. The summed E-state index contributed by atoms with van der Waals surface area (Å²) >= 11 is 0. The van der Waals surface area contributed by atoms with Crippen LogP contribution in [0.3, 0.4) is 0 Å². The lowest BCUT2D eigenvalue weighted by Crippen LogP contribution is -2.38. The van der Waals surface area contributed by atoms with Gasteiger partial charge in [0.1, 0.15) is 17.1 Å². The fraction of sp³-hybridized carbons (Fsp3) is 0.357. The Morgan fingerprint density at radius 1 is 1.06 bits per heavy atom. The van der Waals surface area contributed by atoms with E-state index in [0.29, 0.717) is 48.7 Å². The second-order valence-corrected chi connectivity index (χ2v) is 9.17. The molecule has 0 unspecified atom stereocenters. The van der Waals surface area contributed by atoms with Gasteiger partial charge in [0, 0.05) is 53.6 Å². The number of aromatic nitrogens is 1. The lowest BCUT2D eigenvalue weighted by molar-refractivity contribution is -0.132. The van der Waals surface area contributed by atoms with Crippen LogP contribution in [0.1, 0.15) is 41.9 Å². The zero-order valence-corrected chi connectivity index (χ0v) is 20.3. The fourth-order valence-corrected chi connectivity index (χ4v) is 5.21. The summed E-state index contributed by atoms with van der Waals surface area (Å²) in [5.74, 6) is 1.96. The van der Waals surface area contributed by atoms with Gasteiger partial charge in [-0.25, -0.2) is 4.79 Å². The molecule has 0 radical (unpaired) electrons. The number of aromatic amines is 1. The average Bonchev–Trinajstić information content (AvgIpc) is 3.31. The zero-order valence-electron chi connectivity index (χ0n) is 20.3. The number of ether oxygens (including phenoxy) is 2. The van der Waals surface area contributed by atoms with Gasteiger partial charge in [-0.15, -0.1) is 0 Å². The molecule has 1 fully saturated rings. The quantitative estimate of drug-likeness (QED) is 0.400. The molecular weight excluding hydrogens is 444 g/mol. The van der Waals surface area contributed by atoms with Crippen molar-refractivity contribution in [3.05, 3.63) is 69.7 Å². The Labute approximate surface area is 203 Å². The SMILES string of the molecule is COc1ccc2c(C)c(CCC(=O)N3CCC(c4c[nH]c5ccc(OC)cc45)CC3)c(=O)oc2c1. The summed E-state index contributed by atoms with van der Waals surface area (Å²) in [6, 6.07) is 11.5. The minimum atomic E-state index is -0.385. The maximum atomic E-state index is 13.0. The van der Waals surface area contributed by atoms with Crippen molar-refractivity contribution in [1.29, 1.82) is 0 Å². The molecule has 5 rings (SSSR count). The van der Waals surface area contributed by atoms with E-state index in [9.17, 15) is 9.59 Å². The van der Waals surface area contributed by atoms with Crippen molar-refractivity contribution in [1.82, 2.24) is 9.88 Å². The number of benzene rings is 2.